The maximum absolute atomic E-state index is 4.50. The maximum atomic E-state index is 4.50. The first-order chi connectivity index (χ1) is 9.91. The van der Waals surface area contributed by atoms with E-state index >= 15 is 0 Å². The van der Waals surface area contributed by atoms with Crippen LogP contribution in [-0.2, 0) is 0 Å². The molecule has 0 unspecified atom stereocenters. The lowest BCUT2D eigenvalue weighted by molar-refractivity contribution is 0.550. The van der Waals surface area contributed by atoms with Gasteiger partial charge in [0.2, 0.25) is 0 Å². The van der Waals surface area contributed by atoms with E-state index in [9.17, 15) is 0 Å². The first-order valence-electron chi connectivity index (χ1n) is 8.44. The highest BCUT2D eigenvalue weighted by Gasteiger charge is 1.91. The minimum atomic E-state index is 1.12. The molecule has 0 saturated heterocycles. The third-order valence-electron chi connectivity index (χ3n) is 2.85. The van der Waals surface area contributed by atoms with Gasteiger partial charge in [0.15, 0.2) is 0 Å². The SMILES string of the molecule is CN.CN.CN.[CH2]CCCCCCCCCCCCC. The van der Waals surface area contributed by atoms with Crippen LogP contribution in [0.2, 0.25) is 0 Å². The Balaban J connectivity index is -0.000000187. The molecule has 0 aromatic heterocycles. The Morgan fingerprint density at radius 2 is 0.750 bits per heavy atom. The second-order valence-corrected chi connectivity index (χ2v) is 4.39. The summed E-state index contributed by atoms with van der Waals surface area (Å²) in [4.78, 5) is 0. The van der Waals surface area contributed by atoms with Crippen LogP contribution < -0.4 is 17.2 Å². The Bertz CT molecular complexity index is 86.2. The summed E-state index contributed by atoms with van der Waals surface area (Å²) in [5, 5.41) is 0. The molecule has 3 heteroatoms. The average molecular weight is 291 g/mol. The van der Waals surface area contributed by atoms with E-state index in [0.717, 1.165) is 6.42 Å². The number of nitrogens with two attached hydrogens (primary N) is 3. The number of unbranched alkanes of at least 4 members (excludes halogenated alkanes) is 11. The third kappa shape index (κ3) is 43.0. The van der Waals surface area contributed by atoms with Gasteiger partial charge in [-0.25, -0.2) is 0 Å². The van der Waals surface area contributed by atoms with E-state index < -0.39 is 0 Å². The summed E-state index contributed by atoms with van der Waals surface area (Å²) in [6, 6.07) is 0. The van der Waals surface area contributed by atoms with Crippen molar-refractivity contribution in [3.8, 4) is 0 Å². The van der Waals surface area contributed by atoms with Crippen molar-refractivity contribution in [2.75, 3.05) is 21.1 Å². The zero-order valence-electron chi connectivity index (χ0n) is 14.9. The van der Waals surface area contributed by atoms with Crippen LogP contribution in [0.15, 0.2) is 0 Å². The van der Waals surface area contributed by atoms with Gasteiger partial charge in [0.05, 0.1) is 0 Å². The van der Waals surface area contributed by atoms with E-state index in [-0.39, 0.29) is 0 Å². The number of rotatable bonds is 11. The van der Waals surface area contributed by atoms with Gasteiger partial charge in [-0.2, -0.15) is 0 Å². The fourth-order valence-corrected chi connectivity index (χ4v) is 1.84. The molecule has 0 spiro atoms. The fourth-order valence-electron chi connectivity index (χ4n) is 1.84. The third-order valence-corrected chi connectivity index (χ3v) is 2.85. The van der Waals surface area contributed by atoms with Crippen molar-refractivity contribution >= 4 is 0 Å². The smallest absolute Gasteiger partial charge is 0.0195 e. The van der Waals surface area contributed by atoms with Crippen LogP contribution in [-0.4, -0.2) is 21.1 Å². The first kappa shape index (κ1) is 28.1. The van der Waals surface area contributed by atoms with Crippen molar-refractivity contribution in [3.05, 3.63) is 6.92 Å². The van der Waals surface area contributed by atoms with Crippen LogP contribution in [0.3, 0.4) is 0 Å². The molecule has 0 atom stereocenters. The largest absolute Gasteiger partial charge is 0.333 e. The summed E-state index contributed by atoms with van der Waals surface area (Å²) < 4.78 is 0. The Morgan fingerprint density at radius 1 is 0.500 bits per heavy atom. The first-order valence-corrected chi connectivity index (χ1v) is 8.44. The molecule has 0 rings (SSSR count). The molecule has 0 aliphatic rings. The standard InChI is InChI=1S/C14H29.3CH5N/c1-3-5-7-9-11-13-14-12-10-8-6-4-2;3*1-2/h1,3-14H2,2H3;3*2H2,1H3. The molecule has 0 aromatic rings. The Morgan fingerprint density at radius 3 is 1.00 bits per heavy atom. The van der Waals surface area contributed by atoms with Gasteiger partial charge in [0.1, 0.15) is 0 Å². The van der Waals surface area contributed by atoms with E-state index in [4.69, 9.17) is 0 Å². The van der Waals surface area contributed by atoms with Crippen molar-refractivity contribution in [1.29, 1.82) is 0 Å². The maximum Gasteiger partial charge on any atom is -0.0195 e. The van der Waals surface area contributed by atoms with Crippen LogP contribution in [0.4, 0.5) is 0 Å². The highest BCUT2D eigenvalue weighted by atomic mass is 14.4. The molecular weight excluding hydrogens is 246 g/mol. The molecule has 3 nitrogen and oxygen atoms in total. The van der Waals surface area contributed by atoms with Crippen LogP contribution in [0, 0.1) is 6.92 Å². The van der Waals surface area contributed by atoms with Crippen LogP contribution in [0.1, 0.15) is 84.0 Å². The lowest BCUT2D eigenvalue weighted by atomic mass is 10.1. The highest BCUT2D eigenvalue weighted by Crippen LogP contribution is 2.11. The van der Waals surface area contributed by atoms with Crippen molar-refractivity contribution in [2.45, 2.75) is 84.0 Å². The molecule has 1 radical (unpaired) electrons. The van der Waals surface area contributed by atoms with E-state index in [1.165, 1.54) is 91.8 Å². The molecule has 0 bridgehead atoms. The highest BCUT2D eigenvalue weighted by molar-refractivity contribution is 4.48. The zero-order valence-corrected chi connectivity index (χ0v) is 14.9. The summed E-state index contributed by atoms with van der Waals surface area (Å²) in [7, 11) is 4.50. The van der Waals surface area contributed by atoms with Gasteiger partial charge in [0, 0.05) is 0 Å². The molecule has 0 heterocycles. The molecular formula is C17H44N3. The van der Waals surface area contributed by atoms with Crippen LogP contribution in [0.25, 0.3) is 0 Å². The fraction of sp³-hybridized carbons (Fsp3) is 0.941. The molecule has 0 aromatic carbocycles. The van der Waals surface area contributed by atoms with Crippen LogP contribution in [0.5, 0.6) is 0 Å². The summed E-state index contributed by atoms with van der Waals surface area (Å²) >= 11 is 0. The molecule has 0 aliphatic heterocycles. The molecule has 0 fully saturated rings. The van der Waals surface area contributed by atoms with E-state index in [2.05, 4.69) is 31.0 Å². The summed E-state index contributed by atoms with van der Waals surface area (Å²) in [5.41, 5.74) is 13.5. The molecule has 6 N–H and O–H groups in total. The topological polar surface area (TPSA) is 78.1 Å². The zero-order chi connectivity index (χ0) is 16.5. The predicted molar refractivity (Wildman–Crippen MR) is 96.8 cm³/mol. The molecule has 127 valence electrons. The van der Waals surface area contributed by atoms with Crippen LogP contribution >= 0.6 is 0 Å². The summed E-state index contributed by atoms with van der Waals surface area (Å²) in [5.74, 6) is 0. The van der Waals surface area contributed by atoms with Gasteiger partial charge >= 0.3 is 0 Å². The van der Waals surface area contributed by atoms with Gasteiger partial charge in [-0.05, 0) is 21.1 Å². The van der Waals surface area contributed by atoms with E-state index in [1.807, 2.05) is 0 Å². The van der Waals surface area contributed by atoms with Crippen molar-refractivity contribution < 1.29 is 0 Å². The minimum absolute atomic E-state index is 1.12. The van der Waals surface area contributed by atoms with Gasteiger partial charge in [0.25, 0.3) is 0 Å². The van der Waals surface area contributed by atoms with Gasteiger partial charge in [-0.1, -0.05) is 90.9 Å². The predicted octanol–water partition coefficient (Wildman–Crippen LogP) is 4.25. The molecule has 0 aliphatic carbocycles. The number of hydrogen-bond donors (Lipinski definition) is 3. The van der Waals surface area contributed by atoms with Gasteiger partial charge in [-0.15, -0.1) is 0 Å². The number of hydrogen-bond acceptors (Lipinski definition) is 3. The lowest BCUT2D eigenvalue weighted by Crippen LogP contribution is -1.81. The van der Waals surface area contributed by atoms with E-state index in [1.54, 1.807) is 0 Å². The monoisotopic (exact) mass is 290 g/mol. The average Bonchev–Trinajstić information content (AvgIpc) is 2.55. The van der Waals surface area contributed by atoms with Crippen molar-refractivity contribution in [1.82, 2.24) is 0 Å². The lowest BCUT2D eigenvalue weighted by Gasteiger charge is -2.01. The quantitative estimate of drug-likeness (QED) is 0.498. The Labute approximate surface area is 130 Å². The molecule has 20 heavy (non-hydrogen) atoms. The molecule has 0 amide bonds. The second-order valence-electron chi connectivity index (χ2n) is 4.39. The normalized spacial score (nSPS) is 8.40. The summed E-state index contributed by atoms with van der Waals surface area (Å²) in [6.07, 6.45) is 16.9. The Kier molecular flexibility index (Phi) is 60.1. The van der Waals surface area contributed by atoms with Crippen molar-refractivity contribution in [2.24, 2.45) is 17.2 Å². The van der Waals surface area contributed by atoms with Crippen molar-refractivity contribution in [3.63, 3.8) is 0 Å². The second kappa shape index (κ2) is 42.8. The van der Waals surface area contributed by atoms with Gasteiger partial charge < -0.3 is 17.2 Å². The minimum Gasteiger partial charge on any atom is -0.333 e. The van der Waals surface area contributed by atoms with Gasteiger partial charge in [-0.3, -0.25) is 0 Å². The van der Waals surface area contributed by atoms with E-state index in [0.29, 0.717) is 0 Å². The summed E-state index contributed by atoms with van der Waals surface area (Å²) in [6.45, 7) is 6.14. The Hall–Kier alpha value is -0.120. The molecule has 0 saturated carbocycles.